The standard InChI is InChI=1S/C25H39N5O7/c1-15(2)21(30-22(33)17(27)11-12-20(31)32)24(35)28-18(10-6-7-13-26)23(34)29-19(25(36)37)14-16-8-4-3-5-9-16/h3-5,8-9,15,17-19,21H,6-7,10-14,26-27H2,1-2H3,(H,28,35)(H,29,34)(H,30,33)(H,31,32)(H,36,37)/t17-,18-,19-,21-/m0/s1. The molecule has 12 heteroatoms. The molecule has 12 nitrogen and oxygen atoms in total. The third kappa shape index (κ3) is 11.8. The Kier molecular flexibility index (Phi) is 13.9. The summed E-state index contributed by atoms with van der Waals surface area (Å²) < 4.78 is 0. The van der Waals surface area contributed by atoms with Gasteiger partial charge in [-0.15, -0.1) is 0 Å². The second-order valence-electron chi connectivity index (χ2n) is 9.20. The van der Waals surface area contributed by atoms with E-state index in [9.17, 15) is 29.1 Å². The second kappa shape index (κ2) is 16.3. The van der Waals surface area contributed by atoms with Crippen LogP contribution in [0.3, 0.4) is 0 Å². The minimum atomic E-state index is -1.22. The van der Waals surface area contributed by atoms with Gasteiger partial charge in [0, 0.05) is 12.8 Å². The van der Waals surface area contributed by atoms with Crippen LogP contribution in [0.2, 0.25) is 0 Å². The summed E-state index contributed by atoms with van der Waals surface area (Å²) in [6.07, 6.45) is 0.965. The predicted molar refractivity (Wildman–Crippen MR) is 136 cm³/mol. The number of unbranched alkanes of at least 4 members (excludes halogenated alkanes) is 1. The van der Waals surface area contributed by atoms with Gasteiger partial charge in [0.25, 0.3) is 0 Å². The minimum absolute atomic E-state index is 0.0598. The molecule has 0 radical (unpaired) electrons. The van der Waals surface area contributed by atoms with Crippen LogP contribution in [0.25, 0.3) is 0 Å². The molecule has 0 aliphatic heterocycles. The first-order chi connectivity index (χ1) is 17.5. The van der Waals surface area contributed by atoms with Gasteiger partial charge in [0.05, 0.1) is 6.04 Å². The first-order valence-corrected chi connectivity index (χ1v) is 12.3. The number of amides is 3. The first kappa shape index (κ1) is 31.5. The zero-order chi connectivity index (χ0) is 28.0. The maximum absolute atomic E-state index is 13.1. The fraction of sp³-hybridized carbons (Fsp3) is 0.560. The molecule has 206 valence electrons. The van der Waals surface area contributed by atoms with Crippen molar-refractivity contribution in [2.24, 2.45) is 17.4 Å². The highest BCUT2D eigenvalue weighted by molar-refractivity contribution is 5.94. The molecular formula is C25H39N5O7. The Morgan fingerprint density at radius 3 is 2.00 bits per heavy atom. The first-order valence-electron chi connectivity index (χ1n) is 12.3. The molecule has 4 atom stereocenters. The maximum atomic E-state index is 13.1. The van der Waals surface area contributed by atoms with Crippen LogP contribution in [0.5, 0.6) is 0 Å². The summed E-state index contributed by atoms with van der Waals surface area (Å²) >= 11 is 0. The Bertz CT molecular complexity index is 910. The summed E-state index contributed by atoms with van der Waals surface area (Å²) in [6, 6.07) is 4.38. The number of benzene rings is 1. The maximum Gasteiger partial charge on any atom is 0.326 e. The number of nitrogens with one attached hydrogen (secondary N) is 3. The summed E-state index contributed by atoms with van der Waals surface area (Å²) in [5.41, 5.74) is 12.0. The monoisotopic (exact) mass is 521 g/mol. The van der Waals surface area contributed by atoms with Gasteiger partial charge in [0.2, 0.25) is 17.7 Å². The van der Waals surface area contributed by atoms with Gasteiger partial charge in [-0.3, -0.25) is 19.2 Å². The van der Waals surface area contributed by atoms with E-state index in [0.29, 0.717) is 19.4 Å². The molecule has 0 aromatic heterocycles. The molecule has 1 aromatic carbocycles. The molecule has 0 spiro atoms. The molecule has 0 aliphatic rings. The number of carbonyl (C=O) groups is 5. The van der Waals surface area contributed by atoms with Crippen LogP contribution < -0.4 is 27.4 Å². The predicted octanol–water partition coefficient (Wildman–Crippen LogP) is -0.255. The zero-order valence-corrected chi connectivity index (χ0v) is 21.3. The highest BCUT2D eigenvalue weighted by Gasteiger charge is 2.31. The molecule has 1 aromatic rings. The van der Waals surface area contributed by atoms with Gasteiger partial charge in [-0.2, -0.15) is 0 Å². The van der Waals surface area contributed by atoms with Crippen molar-refractivity contribution in [3.8, 4) is 0 Å². The number of hydrogen-bond acceptors (Lipinski definition) is 7. The highest BCUT2D eigenvalue weighted by atomic mass is 16.4. The Labute approximate surface area is 216 Å². The van der Waals surface area contributed by atoms with Crippen LogP contribution in [-0.2, 0) is 30.4 Å². The molecule has 0 bridgehead atoms. The summed E-state index contributed by atoms with van der Waals surface area (Å²) in [7, 11) is 0. The third-order valence-electron chi connectivity index (χ3n) is 5.73. The Morgan fingerprint density at radius 2 is 1.46 bits per heavy atom. The molecule has 0 heterocycles. The summed E-state index contributed by atoms with van der Waals surface area (Å²) in [4.78, 5) is 61.1. The molecule has 0 unspecified atom stereocenters. The minimum Gasteiger partial charge on any atom is -0.481 e. The van der Waals surface area contributed by atoms with Gasteiger partial charge >= 0.3 is 11.9 Å². The number of carbonyl (C=O) groups excluding carboxylic acids is 3. The lowest BCUT2D eigenvalue weighted by Gasteiger charge is -2.27. The van der Waals surface area contributed by atoms with Crippen LogP contribution in [0.4, 0.5) is 0 Å². The molecule has 0 aliphatic carbocycles. The lowest BCUT2D eigenvalue weighted by atomic mass is 10.0. The van der Waals surface area contributed by atoms with E-state index in [1.165, 1.54) is 0 Å². The zero-order valence-electron chi connectivity index (χ0n) is 21.3. The Hall–Kier alpha value is -3.51. The van der Waals surface area contributed by atoms with Crippen LogP contribution in [0.1, 0.15) is 51.5 Å². The smallest absolute Gasteiger partial charge is 0.326 e. The number of hydrogen-bond donors (Lipinski definition) is 7. The van der Waals surface area contributed by atoms with E-state index in [-0.39, 0.29) is 31.6 Å². The van der Waals surface area contributed by atoms with Crippen LogP contribution in [-0.4, -0.2) is 70.6 Å². The van der Waals surface area contributed by atoms with E-state index in [1.54, 1.807) is 44.2 Å². The summed E-state index contributed by atoms with van der Waals surface area (Å²) in [6.45, 7) is 3.77. The fourth-order valence-electron chi connectivity index (χ4n) is 3.55. The van der Waals surface area contributed by atoms with Crippen molar-refractivity contribution in [1.82, 2.24) is 16.0 Å². The van der Waals surface area contributed by atoms with E-state index < -0.39 is 53.8 Å². The molecular weight excluding hydrogens is 482 g/mol. The van der Waals surface area contributed by atoms with Gasteiger partial charge in [0.1, 0.15) is 18.1 Å². The molecule has 0 saturated carbocycles. The third-order valence-corrected chi connectivity index (χ3v) is 5.73. The van der Waals surface area contributed by atoms with Gasteiger partial charge in [0.15, 0.2) is 0 Å². The van der Waals surface area contributed by atoms with Crippen molar-refractivity contribution in [2.45, 2.75) is 76.5 Å². The number of rotatable bonds is 17. The lowest BCUT2D eigenvalue weighted by Crippen LogP contribution is -2.58. The SMILES string of the molecule is CC(C)[C@H](NC(=O)[C@@H](N)CCC(=O)O)C(=O)N[C@@H](CCCCN)C(=O)N[C@@H](Cc1ccccc1)C(=O)O. The Morgan fingerprint density at radius 1 is 0.838 bits per heavy atom. The van der Waals surface area contributed by atoms with Gasteiger partial charge < -0.3 is 37.6 Å². The van der Waals surface area contributed by atoms with Crippen molar-refractivity contribution < 1.29 is 34.2 Å². The normalized spacial score (nSPS) is 14.2. The molecule has 0 saturated heterocycles. The summed E-state index contributed by atoms with van der Waals surface area (Å²) in [5, 5.41) is 26.1. The van der Waals surface area contributed by atoms with E-state index in [2.05, 4.69) is 16.0 Å². The summed E-state index contributed by atoms with van der Waals surface area (Å²) in [5.74, 6) is -4.69. The number of nitrogens with two attached hydrogens (primary N) is 2. The highest BCUT2D eigenvalue weighted by Crippen LogP contribution is 2.09. The van der Waals surface area contributed by atoms with Gasteiger partial charge in [-0.05, 0) is 43.7 Å². The van der Waals surface area contributed by atoms with Crippen LogP contribution in [0.15, 0.2) is 30.3 Å². The Balaban J connectivity index is 2.95. The largest absolute Gasteiger partial charge is 0.481 e. The number of carboxylic acids is 2. The van der Waals surface area contributed by atoms with Crippen LogP contribution >= 0.6 is 0 Å². The molecule has 1 rings (SSSR count). The average Bonchev–Trinajstić information content (AvgIpc) is 2.84. The molecule has 9 N–H and O–H groups in total. The van der Waals surface area contributed by atoms with Crippen molar-refractivity contribution >= 4 is 29.7 Å². The lowest BCUT2D eigenvalue weighted by molar-refractivity contribution is -0.142. The molecule has 37 heavy (non-hydrogen) atoms. The van der Waals surface area contributed by atoms with Crippen molar-refractivity contribution in [2.75, 3.05) is 6.54 Å². The second-order valence-corrected chi connectivity index (χ2v) is 9.20. The average molecular weight is 522 g/mol. The van der Waals surface area contributed by atoms with Crippen molar-refractivity contribution in [3.63, 3.8) is 0 Å². The van der Waals surface area contributed by atoms with Crippen molar-refractivity contribution in [1.29, 1.82) is 0 Å². The van der Waals surface area contributed by atoms with Crippen molar-refractivity contribution in [3.05, 3.63) is 35.9 Å². The van der Waals surface area contributed by atoms with Crippen LogP contribution in [0, 0.1) is 5.92 Å². The van der Waals surface area contributed by atoms with E-state index in [1.807, 2.05) is 0 Å². The molecule has 3 amide bonds. The van der Waals surface area contributed by atoms with E-state index in [4.69, 9.17) is 16.6 Å². The van der Waals surface area contributed by atoms with Gasteiger partial charge in [-0.25, -0.2) is 4.79 Å². The quantitative estimate of drug-likeness (QED) is 0.134. The fourth-order valence-corrected chi connectivity index (χ4v) is 3.55. The van der Waals surface area contributed by atoms with Gasteiger partial charge in [-0.1, -0.05) is 44.2 Å². The number of aliphatic carboxylic acids is 2. The molecule has 0 fully saturated rings. The number of carboxylic acid groups (broad SMARTS) is 2. The van der Waals surface area contributed by atoms with E-state index >= 15 is 0 Å². The van der Waals surface area contributed by atoms with E-state index in [0.717, 1.165) is 5.56 Å². The topological polar surface area (TPSA) is 214 Å².